The van der Waals surface area contributed by atoms with Crippen LogP contribution in [-0.2, 0) is 9.53 Å². The van der Waals surface area contributed by atoms with Crippen LogP contribution in [0.1, 0.15) is 27.2 Å². The largest absolute Gasteiger partial charge is 0.490 e. The number of nitrogens with zero attached hydrogens (tertiary/aromatic N) is 1. The van der Waals surface area contributed by atoms with Crippen molar-refractivity contribution in [2.24, 2.45) is 0 Å². The maximum Gasteiger partial charge on any atom is 0.419 e. The van der Waals surface area contributed by atoms with Gasteiger partial charge in [0, 0.05) is 10.9 Å². The minimum Gasteiger partial charge on any atom is -0.490 e. The summed E-state index contributed by atoms with van der Waals surface area (Å²) in [6.07, 6.45) is -0.178. The van der Waals surface area contributed by atoms with Gasteiger partial charge >= 0.3 is 6.09 Å². The van der Waals surface area contributed by atoms with Gasteiger partial charge in [-0.25, -0.2) is 9.36 Å². The Morgan fingerprint density at radius 1 is 1.14 bits per heavy atom. The Labute approximate surface area is 163 Å². The van der Waals surface area contributed by atoms with Crippen molar-refractivity contribution in [3.8, 4) is 17.0 Å². The summed E-state index contributed by atoms with van der Waals surface area (Å²) < 4.78 is 13.1. The third-order valence-electron chi connectivity index (χ3n) is 4.43. The van der Waals surface area contributed by atoms with Crippen molar-refractivity contribution in [3.63, 3.8) is 0 Å². The lowest BCUT2D eigenvalue weighted by atomic mass is 10.1. The lowest BCUT2D eigenvalue weighted by molar-refractivity contribution is -0.116. The quantitative estimate of drug-likeness (QED) is 0.660. The standard InChI is InChI=1S/C22H22N2O4/c1-22(2,3)28-21(26)24-17-10-5-4-7-14(17)13-18(24)15-8-6-9-16-20(15)27-12-11-19(25)23-16/h4-10,13H,11-12H2,1-3H3,(H,23,25). The predicted octanol–water partition coefficient (Wildman–Crippen LogP) is 4.81. The topological polar surface area (TPSA) is 69.6 Å². The van der Waals surface area contributed by atoms with E-state index in [2.05, 4.69) is 5.32 Å². The first-order valence-corrected chi connectivity index (χ1v) is 9.23. The first-order chi connectivity index (χ1) is 13.3. The van der Waals surface area contributed by atoms with Crippen LogP contribution >= 0.6 is 0 Å². The summed E-state index contributed by atoms with van der Waals surface area (Å²) in [6, 6.07) is 15.1. The molecule has 1 N–H and O–H groups in total. The number of ether oxygens (including phenoxy) is 2. The van der Waals surface area contributed by atoms with Gasteiger partial charge in [0.2, 0.25) is 5.91 Å². The third kappa shape index (κ3) is 3.33. The molecule has 6 heteroatoms. The Kier molecular flexibility index (Phi) is 4.34. The number of nitrogens with one attached hydrogen (secondary N) is 1. The van der Waals surface area contributed by atoms with Crippen LogP contribution in [0.15, 0.2) is 48.5 Å². The zero-order valence-corrected chi connectivity index (χ0v) is 16.1. The summed E-state index contributed by atoms with van der Waals surface area (Å²) >= 11 is 0. The summed E-state index contributed by atoms with van der Waals surface area (Å²) in [4.78, 5) is 24.9. The third-order valence-corrected chi connectivity index (χ3v) is 4.43. The van der Waals surface area contributed by atoms with E-state index in [1.807, 2.05) is 63.2 Å². The minimum atomic E-state index is -0.627. The highest BCUT2D eigenvalue weighted by molar-refractivity contribution is 5.99. The molecule has 0 saturated heterocycles. The number of fused-ring (bicyclic) bond motifs is 2. The van der Waals surface area contributed by atoms with E-state index in [1.54, 1.807) is 10.6 Å². The highest BCUT2D eigenvalue weighted by Gasteiger charge is 2.26. The Morgan fingerprint density at radius 3 is 2.71 bits per heavy atom. The molecule has 4 rings (SSSR count). The maximum absolute atomic E-state index is 13.0. The molecule has 2 aromatic carbocycles. The van der Waals surface area contributed by atoms with E-state index in [1.165, 1.54) is 0 Å². The fourth-order valence-electron chi connectivity index (χ4n) is 3.31. The number of aromatic nitrogens is 1. The van der Waals surface area contributed by atoms with Crippen LogP contribution in [0.25, 0.3) is 22.2 Å². The number of anilines is 1. The highest BCUT2D eigenvalue weighted by Crippen LogP contribution is 2.40. The lowest BCUT2D eigenvalue weighted by Crippen LogP contribution is -2.27. The number of rotatable bonds is 1. The van der Waals surface area contributed by atoms with E-state index >= 15 is 0 Å². The summed E-state index contributed by atoms with van der Waals surface area (Å²) in [5.74, 6) is 0.463. The van der Waals surface area contributed by atoms with Gasteiger partial charge in [-0.15, -0.1) is 0 Å². The molecule has 3 aromatic rings. The molecule has 0 unspecified atom stereocenters. The number of carbonyl (C=O) groups is 2. The highest BCUT2D eigenvalue weighted by atomic mass is 16.6. The second-order valence-electron chi connectivity index (χ2n) is 7.73. The average Bonchev–Trinajstić information content (AvgIpc) is 2.89. The SMILES string of the molecule is CC(C)(C)OC(=O)n1c(-c2cccc3c2OCCC(=O)N3)cc2ccccc21. The van der Waals surface area contributed by atoms with Crippen LogP contribution in [0.5, 0.6) is 5.75 Å². The van der Waals surface area contributed by atoms with Crippen LogP contribution < -0.4 is 10.1 Å². The molecule has 0 atom stereocenters. The van der Waals surface area contributed by atoms with E-state index in [0.29, 0.717) is 17.1 Å². The van der Waals surface area contributed by atoms with E-state index in [4.69, 9.17) is 9.47 Å². The van der Waals surface area contributed by atoms with Gasteiger partial charge in [0.25, 0.3) is 0 Å². The summed E-state index contributed by atoms with van der Waals surface area (Å²) in [5, 5.41) is 3.78. The second kappa shape index (κ2) is 6.71. The summed E-state index contributed by atoms with van der Waals surface area (Å²) in [6.45, 7) is 5.79. The zero-order chi connectivity index (χ0) is 19.9. The molecule has 28 heavy (non-hydrogen) atoms. The average molecular weight is 378 g/mol. The molecular formula is C22H22N2O4. The van der Waals surface area contributed by atoms with E-state index in [9.17, 15) is 9.59 Å². The molecule has 0 bridgehead atoms. The number of carbonyl (C=O) groups excluding carboxylic acids is 2. The molecule has 0 saturated carbocycles. The van der Waals surface area contributed by atoms with Crippen LogP contribution in [0.2, 0.25) is 0 Å². The molecule has 1 aliphatic rings. The first-order valence-electron chi connectivity index (χ1n) is 9.23. The van der Waals surface area contributed by atoms with E-state index in [0.717, 1.165) is 16.5 Å². The van der Waals surface area contributed by atoms with Gasteiger partial charge in [-0.2, -0.15) is 0 Å². The van der Waals surface area contributed by atoms with Gasteiger partial charge in [0.05, 0.1) is 29.9 Å². The number of hydrogen-bond donors (Lipinski definition) is 1. The molecule has 1 aromatic heterocycles. The molecule has 144 valence electrons. The first kappa shape index (κ1) is 18.1. The van der Waals surface area contributed by atoms with Gasteiger partial charge in [-0.1, -0.05) is 24.3 Å². The Bertz CT molecular complexity index is 1080. The number of para-hydroxylation sites is 2. The lowest BCUT2D eigenvalue weighted by Gasteiger charge is -2.21. The Balaban J connectivity index is 1.93. The second-order valence-corrected chi connectivity index (χ2v) is 7.73. The molecular weight excluding hydrogens is 356 g/mol. The van der Waals surface area contributed by atoms with Gasteiger partial charge in [-0.3, -0.25) is 4.79 Å². The smallest absolute Gasteiger partial charge is 0.419 e. The van der Waals surface area contributed by atoms with Crippen molar-refractivity contribution >= 4 is 28.6 Å². The zero-order valence-electron chi connectivity index (χ0n) is 16.1. The van der Waals surface area contributed by atoms with E-state index < -0.39 is 11.7 Å². The fourth-order valence-corrected chi connectivity index (χ4v) is 3.31. The molecule has 0 radical (unpaired) electrons. The van der Waals surface area contributed by atoms with Crippen LogP contribution in [0, 0.1) is 0 Å². The molecule has 1 aliphatic heterocycles. The minimum absolute atomic E-state index is 0.0939. The molecule has 1 amide bonds. The van der Waals surface area contributed by atoms with Gasteiger partial charge in [-0.05, 0) is 45.0 Å². The molecule has 0 aliphatic carbocycles. The van der Waals surface area contributed by atoms with Crippen molar-refractivity contribution in [1.82, 2.24) is 4.57 Å². The maximum atomic E-state index is 13.0. The molecule has 2 heterocycles. The predicted molar refractivity (Wildman–Crippen MR) is 108 cm³/mol. The molecule has 0 fully saturated rings. The number of benzene rings is 2. The van der Waals surface area contributed by atoms with Gasteiger partial charge in [0.1, 0.15) is 5.60 Å². The van der Waals surface area contributed by atoms with Gasteiger partial charge < -0.3 is 14.8 Å². The van der Waals surface area contributed by atoms with Crippen LogP contribution in [0.4, 0.5) is 10.5 Å². The molecule has 6 nitrogen and oxygen atoms in total. The van der Waals surface area contributed by atoms with Crippen molar-refractivity contribution in [3.05, 3.63) is 48.5 Å². The molecule has 0 spiro atoms. The number of amides is 1. The van der Waals surface area contributed by atoms with Crippen molar-refractivity contribution < 1.29 is 19.1 Å². The van der Waals surface area contributed by atoms with Crippen LogP contribution in [-0.4, -0.2) is 28.8 Å². The van der Waals surface area contributed by atoms with Crippen molar-refractivity contribution in [2.75, 3.05) is 11.9 Å². The fraction of sp³-hybridized carbons (Fsp3) is 0.273. The summed E-state index contributed by atoms with van der Waals surface area (Å²) in [7, 11) is 0. The normalized spacial score (nSPS) is 14.0. The monoisotopic (exact) mass is 378 g/mol. The Morgan fingerprint density at radius 2 is 1.93 bits per heavy atom. The van der Waals surface area contributed by atoms with Crippen molar-refractivity contribution in [1.29, 1.82) is 0 Å². The Hall–Kier alpha value is -3.28. The van der Waals surface area contributed by atoms with E-state index in [-0.39, 0.29) is 18.9 Å². The summed E-state index contributed by atoms with van der Waals surface area (Å²) in [5.41, 5.74) is 2.10. The van der Waals surface area contributed by atoms with Crippen LogP contribution in [0.3, 0.4) is 0 Å². The van der Waals surface area contributed by atoms with Crippen molar-refractivity contribution in [2.45, 2.75) is 32.8 Å². The number of hydrogen-bond acceptors (Lipinski definition) is 4. The van der Waals surface area contributed by atoms with Gasteiger partial charge in [0.15, 0.2) is 5.75 Å².